The van der Waals surface area contributed by atoms with Crippen molar-refractivity contribution in [2.24, 2.45) is 11.8 Å². The number of pyridine rings is 1. The molecule has 2 aliphatic rings. The summed E-state index contributed by atoms with van der Waals surface area (Å²) in [5, 5.41) is 4.06. The van der Waals surface area contributed by atoms with Gasteiger partial charge in [0, 0.05) is 12.7 Å². The lowest BCUT2D eigenvalue weighted by molar-refractivity contribution is 0.279. The van der Waals surface area contributed by atoms with Crippen LogP contribution in [0.3, 0.4) is 0 Å². The number of piperidine rings is 1. The molecule has 1 aliphatic heterocycles. The summed E-state index contributed by atoms with van der Waals surface area (Å²) in [6, 6.07) is 3.96. The molecule has 2 heterocycles. The molecule has 0 saturated carbocycles. The summed E-state index contributed by atoms with van der Waals surface area (Å²) in [5.74, 6) is 1.60. The smallest absolute Gasteiger partial charge is 0.129 e. The Balaban J connectivity index is 1.84. The van der Waals surface area contributed by atoms with Gasteiger partial charge in [0.1, 0.15) is 5.15 Å². The van der Waals surface area contributed by atoms with Crippen LogP contribution >= 0.6 is 11.6 Å². The molecule has 0 radical (unpaired) electrons. The second-order valence-corrected chi connectivity index (χ2v) is 5.40. The molecule has 2 unspecified atom stereocenters. The van der Waals surface area contributed by atoms with Crippen molar-refractivity contribution < 1.29 is 0 Å². The molecule has 0 spiro atoms. The van der Waals surface area contributed by atoms with E-state index in [2.05, 4.69) is 22.4 Å². The fourth-order valence-electron chi connectivity index (χ4n) is 2.98. The van der Waals surface area contributed by atoms with E-state index in [1.54, 1.807) is 0 Å². The summed E-state index contributed by atoms with van der Waals surface area (Å²) < 4.78 is 0. The van der Waals surface area contributed by atoms with E-state index in [-0.39, 0.29) is 0 Å². The molecule has 1 saturated heterocycles. The van der Waals surface area contributed by atoms with E-state index >= 15 is 0 Å². The number of fused-ring (bicyclic) bond motifs is 1. The Morgan fingerprint density at radius 1 is 1.29 bits per heavy atom. The van der Waals surface area contributed by atoms with E-state index in [9.17, 15) is 0 Å². The lowest BCUT2D eigenvalue weighted by Crippen LogP contribution is -2.37. The van der Waals surface area contributed by atoms with E-state index in [1.807, 2.05) is 12.3 Å². The maximum absolute atomic E-state index is 5.82. The van der Waals surface area contributed by atoms with Crippen LogP contribution in [0.15, 0.2) is 24.4 Å². The van der Waals surface area contributed by atoms with Crippen LogP contribution in [0.4, 0.5) is 0 Å². The molecule has 3 rings (SSSR count). The predicted molar refractivity (Wildman–Crippen MR) is 70.9 cm³/mol. The summed E-state index contributed by atoms with van der Waals surface area (Å²) in [6.07, 6.45) is 8.18. The van der Waals surface area contributed by atoms with Crippen LogP contribution in [-0.4, -0.2) is 18.1 Å². The summed E-state index contributed by atoms with van der Waals surface area (Å²) in [4.78, 5) is 4.17. The molecule has 0 amide bonds. The Labute approximate surface area is 107 Å². The number of halogens is 1. The van der Waals surface area contributed by atoms with Gasteiger partial charge in [0.05, 0.1) is 0 Å². The highest BCUT2D eigenvalue weighted by Crippen LogP contribution is 2.36. The Morgan fingerprint density at radius 3 is 3.06 bits per heavy atom. The quantitative estimate of drug-likeness (QED) is 0.773. The van der Waals surface area contributed by atoms with Crippen molar-refractivity contribution in [3.05, 3.63) is 35.1 Å². The third-order valence-corrected chi connectivity index (χ3v) is 4.20. The first-order chi connectivity index (χ1) is 8.33. The third kappa shape index (κ3) is 2.38. The molecule has 3 heteroatoms. The molecule has 90 valence electrons. The number of hydrogen-bond acceptors (Lipinski definition) is 2. The summed E-state index contributed by atoms with van der Waals surface area (Å²) in [7, 11) is 0. The van der Waals surface area contributed by atoms with Gasteiger partial charge in [-0.15, -0.1) is 0 Å². The monoisotopic (exact) mass is 248 g/mol. The first-order valence-electron chi connectivity index (χ1n) is 6.36. The highest BCUT2D eigenvalue weighted by molar-refractivity contribution is 6.29. The van der Waals surface area contributed by atoms with Crippen LogP contribution in [0.1, 0.15) is 24.8 Å². The van der Waals surface area contributed by atoms with Crippen molar-refractivity contribution in [1.29, 1.82) is 0 Å². The van der Waals surface area contributed by atoms with Gasteiger partial charge >= 0.3 is 0 Å². The van der Waals surface area contributed by atoms with E-state index in [1.165, 1.54) is 36.9 Å². The number of allylic oxidation sites excluding steroid dienone is 1. The molecule has 1 aromatic heterocycles. The lowest BCUT2D eigenvalue weighted by Gasteiger charge is -2.34. The minimum Gasteiger partial charge on any atom is -0.316 e. The van der Waals surface area contributed by atoms with Gasteiger partial charge in [-0.25, -0.2) is 4.98 Å². The van der Waals surface area contributed by atoms with Crippen molar-refractivity contribution in [3.63, 3.8) is 0 Å². The molecular weight excluding hydrogens is 232 g/mol. The van der Waals surface area contributed by atoms with Crippen molar-refractivity contribution in [3.8, 4) is 0 Å². The van der Waals surface area contributed by atoms with Crippen LogP contribution in [0, 0.1) is 11.8 Å². The van der Waals surface area contributed by atoms with Gasteiger partial charge in [0.15, 0.2) is 0 Å². The number of hydrogen-bond donors (Lipinski definition) is 1. The number of nitrogens with zero attached hydrogens (tertiary/aromatic N) is 1. The van der Waals surface area contributed by atoms with Crippen molar-refractivity contribution >= 4 is 17.2 Å². The SMILES string of the molecule is Clc1ccc(C2=CC3CNCCC3CC2)cn1. The molecule has 2 atom stereocenters. The lowest BCUT2D eigenvalue weighted by atomic mass is 9.76. The molecule has 0 bridgehead atoms. The first kappa shape index (κ1) is 11.2. The van der Waals surface area contributed by atoms with Crippen molar-refractivity contribution in [1.82, 2.24) is 10.3 Å². The van der Waals surface area contributed by atoms with Crippen LogP contribution in [-0.2, 0) is 0 Å². The molecule has 17 heavy (non-hydrogen) atoms. The van der Waals surface area contributed by atoms with Gasteiger partial charge in [-0.1, -0.05) is 23.7 Å². The zero-order valence-corrected chi connectivity index (χ0v) is 10.6. The largest absolute Gasteiger partial charge is 0.316 e. The van der Waals surface area contributed by atoms with E-state index in [0.29, 0.717) is 11.1 Å². The topological polar surface area (TPSA) is 24.9 Å². The molecular formula is C14H17ClN2. The second-order valence-electron chi connectivity index (χ2n) is 5.02. The minimum absolute atomic E-state index is 0.572. The predicted octanol–water partition coefficient (Wildman–Crippen LogP) is 3.14. The van der Waals surface area contributed by atoms with Crippen LogP contribution in [0.5, 0.6) is 0 Å². The summed E-state index contributed by atoms with van der Waals surface area (Å²) >= 11 is 5.82. The molecule has 1 aromatic rings. The van der Waals surface area contributed by atoms with Gasteiger partial charge < -0.3 is 5.32 Å². The number of aromatic nitrogens is 1. The van der Waals surface area contributed by atoms with E-state index in [4.69, 9.17) is 11.6 Å². The average Bonchev–Trinajstić information content (AvgIpc) is 2.39. The zero-order valence-electron chi connectivity index (χ0n) is 9.82. The standard InChI is InChI=1S/C14H17ClN2/c15-14-4-3-12(9-17-14)11-2-1-10-5-6-16-8-13(10)7-11/h3-4,7,9-10,13,16H,1-2,5-6,8H2. The van der Waals surface area contributed by atoms with Gasteiger partial charge in [-0.2, -0.15) is 0 Å². The number of nitrogens with one attached hydrogen (secondary N) is 1. The molecule has 1 fully saturated rings. The maximum Gasteiger partial charge on any atom is 0.129 e. The normalized spacial score (nSPS) is 28.4. The van der Waals surface area contributed by atoms with Gasteiger partial charge in [0.25, 0.3) is 0 Å². The first-order valence-corrected chi connectivity index (χ1v) is 6.74. The summed E-state index contributed by atoms with van der Waals surface area (Å²) in [6.45, 7) is 2.32. The average molecular weight is 249 g/mol. The highest BCUT2D eigenvalue weighted by Gasteiger charge is 2.27. The van der Waals surface area contributed by atoms with Crippen LogP contribution in [0.25, 0.3) is 5.57 Å². The Hall–Kier alpha value is -0.860. The van der Waals surface area contributed by atoms with Crippen molar-refractivity contribution in [2.75, 3.05) is 13.1 Å². The van der Waals surface area contributed by atoms with Gasteiger partial charge in [-0.3, -0.25) is 0 Å². The fourth-order valence-corrected chi connectivity index (χ4v) is 3.09. The van der Waals surface area contributed by atoms with Crippen LogP contribution in [0.2, 0.25) is 5.15 Å². The highest BCUT2D eigenvalue weighted by atomic mass is 35.5. The van der Waals surface area contributed by atoms with Gasteiger partial charge in [0.2, 0.25) is 0 Å². The Kier molecular flexibility index (Phi) is 3.17. The Morgan fingerprint density at radius 2 is 2.24 bits per heavy atom. The van der Waals surface area contributed by atoms with E-state index in [0.717, 1.165) is 12.5 Å². The van der Waals surface area contributed by atoms with Crippen LogP contribution < -0.4 is 5.32 Å². The maximum atomic E-state index is 5.82. The molecule has 1 N–H and O–H groups in total. The minimum atomic E-state index is 0.572. The third-order valence-electron chi connectivity index (χ3n) is 3.98. The second kappa shape index (κ2) is 4.79. The molecule has 1 aliphatic carbocycles. The Bertz CT molecular complexity index is 424. The number of rotatable bonds is 1. The molecule has 2 nitrogen and oxygen atoms in total. The fraction of sp³-hybridized carbons (Fsp3) is 0.500. The van der Waals surface area contributed by atoms with Gasteiger partial charge in [-0.05, 0) is 54.8 Å². The van der Waals surface area contributed by atoms with Crippen molar-refractivity contribution in [2.45, 2.75) is 19.3 Å². The molecule has 0 aromatic carbocycles. The zero-order chi connectivity index (χ0) is 11.7. The van der Waals surface area contributed by atoms with E-state index < -0.39 is 0 Å². The summed E-state index contributed by atoms with van der Waals surface area (Å²) in [5.41, 5.74) is 2.68.